The van der Waals surface area contributed by atoms with Gasteiger partial charge in [0.15, 0.2) is 0 Å². The summed E-state index contributed by atoms with van der Waals surface area (Å²) in [5, 5.41) is 2.82. The lowest BCUT2D eigenvalue weighted by atomic mass is 9.83. The summed E-state index contributed by atoms with van der Waals surface area (Å²) in [6, 6.07) is 18.9. The number of halogens is 2. The van der Waals surface area contributed by atoms with E-state index in [4.69, 9.17) is 16.3 Å². The maximum Gasteiger partial charge on any atom is 0.308 e. The summed E-state index contributed by atoms with van der Waals surface area (Å²) < 4.78 is 19.8. The van der Waals surface area contributed by atoms with Gasteiger partial charge in [0.25, 0.3) is 0 Å². The maximum absolute atomic E-state index is 13.9. The van der Waals surface area contributed by atoms with Crippen molar-refractivity contribution in [3.63, 3.8) is 0 Å². The summed E-state index contributed by atoms with van der Waals surface area (Å²) in [5.74, 6) is -2.49. The molecule has 4 aromatic rings. The molecule has 2 unspecified atom stereocenters. The molecule has 41 heavy (non-hydrogen) atoms. The average molecular weight is 610 g/mol. The van der Waals surface area contributed by atoms with Gasteiger partial charge in [-0.15, -0.1) is 0 Å². The second-order valence-corrected chi connectivity index (χ2v) is 12.0. The van der Waals surface area contributed by atoms with Gasteiger partial charge in [-0.1, -0.05) is 46.8 Å². The molecule has 1 saturated heterocycles. The molecule has 1 aromatic heterocycles. The van der Waals surface area contributed by atoms with Gasteiger partial charge in [0.05, 0.1) is 23.7 Å². The van der Waals surface area contributed by atoms with Crippen molar-refractivity contribution in [3.8, 4) is 5.75 Å². The molecular formula is C29H21ClFN3O5S2. The number of carbonyl (C=O) groups excluding carboxylic acids is 3. The number of hydrogen-bond acceptors (Lipinski definition) is 7. The van der Waals surface area contributed by atoms with Crippen LogP contribution in [0.25, 0.3) is 0 Å². The number of benzene rings is 3. The fourth-order valence-corrected chi connectivity index (χ4v) is 8.05. The summed E-state index contributed by atoms with van der Waals surface area (Å²) in [6.07, 6.45) is 0. The van der Waals surface area contributed by atoms with Gasteiger partial charge in [0, 0.05) is 21.5 Å². The molecule has 3 amide bonds. The molecule has 6 rings (SSSR count). The smallest absolute Gasteiger partial charge is 0.308 e. The predicted octanol–water partition coefficient (Wildman–Crippen LogP) is 5.15. The number of hydrogen-bond donors (Lipinski definition) is 1. The van der Waals surface area contributed by atoms with E-state index in [1.807, 2.05) is 0 Å². The highest BCUT2D eigenvalue weighted by Crippen LogP contribution is 2.54. The number of aromatic nitrogens is 1. The van der Waals surface area contributed by atoms with Gasteiger partial charge in [-0.05, 0) is 66.2 Å². The van der Waals surface area contributed by atoms with Crippen molar-refractivity contribution in [1.82, 2.24) is 4.57 Å². The van der Waals surface area contributed by atoms with E-state index in [0.29, 0.717) is 32.1 Å². The van der Waals surface area contributed by atoms with Crippen molar-refractivity contribution in [2.24, 2.45) is 5.92 Å². The van der Waals surface area contributed by atoms with Gasteiger partial charge in [-0.25, -0.2) is 9.29 Å². The molecule has 3 aromatic carbocycles. The Balaban J connectivity index is 1.39. The number of amides is 3. The molecule has 12 heteroatoms. The van der Waals surface area contributed by atoms with Gasteiger partial charge in [0.2, 0.25) is 17.7 Å². The molecule has 0 radical (unpaired) electrons. The van der Waals surface area contributed by atoms with Crippen LogP contribution in [0.1, 0.15) is 16.4 Å². The third kappa shape index (κ3) is 4.94. The number of imide groups is 1. The van der Waals surface area contributed by atoms with Crippen molar-refractivity contribution in [2.75, 3.05) is 17.3 Å². The molecule has 0 saturated carbocycles. The molecule has 0 bridgehead atoms. The Kier molecular flexibility index (Phi) is 7.18. The number of thioether (sulfide) groups is 1. The van der Waals surface area contributed by atoms with Crippen molar-refractivity contribution >= 4 is 63.8 Å². The fourth-order valence-electron chi connectivity index (χ4n) is 5.15. The molecule has 0 spiro atoms. The second kappa shape index (κ2) is 10.8. The minimum Gasteiger partial charge on any atom is -0.497 e. The predicted molar refractivity (Wildman–Crippen MR) is 156 cm³/mol. The summed E-state index contributed by atoms with van der Waals surface area (Å²) in [7, 11) is 1.53. The number of ether oxygens (including phenoxy) is 1. The Labute approximate surface area is 246 Å². The highest BCUT2D eigenvalue weighted by atomic mass is 35.5. The summed E-state index contributed by atoms with van der Waals surface area (Å²) in [4.78, 5) is 55.3. The van der Waals surface area contributed by atoms with Crippen LogP contribution in [0, 0.1) is 11.7 Å². The Morgan fingerprint density at radius 2 is 1.66 bits per heavy atom. The van der Waals surface area contributed by atoms with Crippen LogP contribution in [0.4, 0.5) is 15.8 Å². The number of carbonyl (C=O) groups is 3. The van der Waals surface area contributed by atoms with Gasteiger partial charge >= 0.3 is 4.87 Å². The van der Waals surface area contributed by atoms with Crippen LogP contribution in [-0.2, 0) is 20.9 Å². The van der Waals surface area contributed by atoms with E-state index in [0.717, 1.165) is 28.7 Å². The number of anilines is 2. The Morgan fingerprint density at radius 3 is 2.32 bits per heavy atom. The monoisotopic (exact) mass is 609 g/mol. The van der Waals surface area contributed by atoms with Gasteiger partial charge in [-0.2, -0.15) is 0 Å². The zero-order chi connectivity index (χ0) is 28.8. The van der Waals surface area contributed by atoms with Crippen molar-refractivity contribution in [2.45, 2.75) is 22.7 Å². The standard InChI is InChI=1S/C29H21ClFN3O5S2/c1-39-20-12-10-19(11-13-20)34-26(36)23-22(15-2-4-16(30)5-3-15)25-28(40-24(23)27(34)37)33(29(38)41-25)14-21(35)32-18-8-6-17(31)7-9-18/h2-13,22-24H,14H2,1H3,(H,32,35)/t22-,23?,24?/m1/s1. The van der Waals surface area contributed by atoms with E-state index in [9.17, 15) is 23.6 Å². The summed E-state index contributed by atoms with van der Waals surface area (Å²) in [6.45, 7) is -0.315. The maximum atomic E-state index is 13.9. The lowest BCUT2D eigenvalue weighted by molar-refractivity contribution is -0.122. The first kappa shape index (κ1) is 27.3. The third-order valence-electron chi connectivity index (χ3n) is 7.04. The van der Waals surface area contributed by atoms with Gasteiger partial charge in [0.1, 0.15) is 23.4 Å². The van der Waals surface area contributed by atoms with Crippen LogP contribution >= 0.6 is 34.7 Å². The molecule has 208 valence electrons. The fraction of sp³-hybridized carbons (Fsp3) is 0.172. The van der Waals surface area contributed by atoms with Crippen LogP contribution in [0.5, 0.6) is 5.75 Å². The summed E-state index contributed by atoms with van der Waals surface area (Å²) in [5.41, 5.74) is 1.53. The zero-order valence-corrected chi connectivity index (χ0v) is 23.8. The lowest BCUT2D eigenvalue weighted by Gasteiger charge is -2.30. The quantitative estimate of drug-likeness (QED) is 0.304. The molecule has 2 aliphatic heterocycles. The van der Waals surface area contributed by atoms with Crippen LogP contribution in [0.3, 0.4) is 0 Å². The Bertz CT molecular complexity index is 1720. The number of rotatable bonds is 6. The molecule has 1 N–H and O–H groups in total. The molecule has 0 aliphatic carbocycles. The van der Waals surface area contributed by atoms with Gasteiger partial charge in [-0.3, -0.25) is 23.7 Å². The first-order valence-electron chi connectivity index (χ1n) is 12.5. The molecule has 1 fully saturated rings. The molecule has 3 heterocycles. The van der Waals surface area contributed by atoms with Crippen LogP contribution < -0.4 is 19.8 Å². The average Bonchev–Trinajstić information content (AvgIpc) is 3.41. The normalized spacial score (nSPS) is 19.6. The second-order valence-electron chi connectivity index (χ2n) is 9.48. The first-order valence-corrected chi connectivity index (χ1v) is 14.6. The van der Waals surface area contributed by atoms with Crippen molar-refractivity contribution in [1.29, 1.82) is 0 Å². The van der Waals surface area contributed by atoms with Crippen molar-refractivity contribution in [3.05, 3.63) is 104 Å². The van der Waals surface area contributed by atoms with E-state index in [2.05, 4.69) is 5.32 Å². The number of thiazole rings is 1. The highest BCUT2D eigenvalue weighted by molar-refractivity contribution is 8.00. The largest absolute Gasteiger partial charge is 0.497 e. The van der Waals surface area contributed by atoms with Crippen LogP contribution in [0.2, 0.25) is 5.02 Å². The van der Waals surface area contributed by atoms with E-state index in [1.165, 1.54) is 40.8 Å². The first-order chi connectivity index (χ1) is 19.7. The third-order valence-corrected chi connectivity index (χ3v) is 9.89. The SMILES string of the molecule is COc1ccc(N2C(=O)C3Sc4c(sc(=O)n4CC(=O)Nc4ccc(F)cc4)[C@H](c4ccc(Cl)cc4)C3C2=O)cc1. The number of methoxy groups -OCH3 is 1. The van der Waals surface area contributed by atoms with Crippen LogP contribution in [-0.4, -0.2) is 34.6 Å². The van der Waals surface area contributed by atoms with Crippen molar-refractivity contribution < 1.29 is 23.5 Å². The molecule has 3 atom stereocenters. The topological polar surface area (TPSA) is 97.7 Å². The zero-order valence-electron chi connectivity index (χ0n) is 21.4. The van der Waals surface area contributed by atoms with Crippen LogP contribution in [0.15, 0.2) is 82.6 Å². The molecular weight excluding hydrogens is 589 g/mol. The number of nitrogens with one attached hydrogen (secondary N) is 1. The van der Waals surface area contributed by atoms with E-state index < -0.39 is 34.7 Å². The van der Waals surface area contributed by atoms with Gasteiger partial charge < -0.3 is 10.1 Å². The minimum absolute atomic E-state index is 0.315. The minimum atomic E-state index is -0.821. The van der Waals surface area contributed by atoms with E-state index >= 15 is 0 Å². The van der Waals surface area contributed by atoms with E-state index in [-0.39, 0.29) is 17.3 Å². The van der Waals surface area contributed by atoms with E-state index in [1.54, 1.807) is 48.5 Å². The highest BCUT2D eigenvalue weighted by Gasteiger charge is 2.56. The number of fused-ring (bicyclic) bond motifs is 2. The number of nitrogens with zero attached hydrogens (tertiary/aromatic N) is 2. The lowest BCUT2D eigenvalue weighted by Crippen LogP contribution is -2.33. The Morgan fingerprint density at radius 1 is 0.976 bits per heavy atom. The summed E-state index contributed by atoms with van der Waals surface area (Å²) >= 11 is 8.22. The molecule has 2 aliphatic rings. The Hall–Kier alpha value is -3.93. The molecule has 8 nitrogen and oxygen atoms in total.